The first-order valence-electron chi connectivity index (χ1n) is 5.49. The van der Waals surface area contributed by atoms with Gasteiger partial charge in [0.05, 0.1) is 21.8 Å². The van der Waals surface area contributed by atoms with Crippen LogP contribution in [0.5, 0.6) is 5.75 Å². The summed E-state index contributed by atoms with van der Waals surface area (Å²) < 4.78 is 6.08. The molecule has 19 heavy (non-hydrogen) atoms. The van der Waals surface area contributed by atoms with Gasteiger partial charge < -0.3 is 4.74 Å². The smallest absolute Gasteiger partial charge is 0.194 e. The summed E-state index contributed by atoms with van der Waals surface area (Å²) in [6, 6.07) is 12.7. The third-order valence-corrected chi connectivity index (χ3v) is 4.30. The molecule has 3 nitrogen and oxygen atoms in total. The predicted octanol–water partition coefficient (Wildman–Crippen LogP) is 4.01. The average Bonchev–Trinajstić information content (AvgIpc) is 2.86. The lowest BCUT2D eigenvalue weighted by molar-refractivity contribution is 0.0981. The summed E-state index contributed by atoms with van der Waals surface area (Å²) in [6.45, 7) is 0. The van der Waals surface area contributed by atoms with E-state index < -0.39 is 5.92 Å². The Labute approximate surface area is 123 Å². The van der Waals surface area contributed by atoms with E-state index in [2.05, 4.69) is 22.0 Å². The lowest BCUT2D eigenvalue weighted by Gasteiger charge is -2.11. The van der Waals surface area contributed by atoms with Gasteiger partial charge in [-0.15, -0.1) is 11.3 Å². The van der Waals surface area contributed by atoms with E-state index in [1.165, 1.54) is 18.4 Å². The number of nitrogens with zero attached hydrogens (tertiary/aromatic N) is 1. The minimum atomic E-state index is -0.846. The Balaban J connectivity index is 2.40. The van der Waals surface area contributed by atoms with E-state index in [1.807, 2.05) is 6.07 Å². The van der Waals surface area contributed by atoms with Crippen molar-refractivity contribution in [2.75, 3.05) is 7.11 Å². The summed E-state index contributed by atoms with van der Waals surface area (Å²) in [5.74, 6) is -0.498. The minimum Gasteiger partial charge on any atom is -0.496 e. The molecule has 0 bridgehead atoms. The van der Waals surface area contributed by atoms with Crippen molar-refractivity contribution in [3.8, 4) is 11.8 Å². The molecule has 1 atom stereocenters. The van der Waals surface area contributed by atoms with Crippen molar-refractivity contribution in [2.24, 2.45) is 0 Å². The van der Waals surface area contributed by atoms with Crippen molar-refractivity contribution in [3.05, 3.63) is 50.6 Å². The van der Waals surface area contributed by atoms with Crippen molar-refractivity contribution < 1.29 is 9.53 Å². The molecule has 0 aliphatic carbocycles. The number of hydrogen-bond acceptors (Lipinski definition) is 4. The number of ether oxygens (including phenoxy) is 1. The number of halogens is 1. The van der Waals surface area contributed by atoms with Gasteiger partial charge in [-0.3, -0.25) is 4.79 Å². The van der Waals surface area contributed by atoms with Gasteiger partial charge in [0.25, 0.3) is 0 Å². The summed E-state index contributed by atoms with van der Waals surface area (Å²) in [5, 5.41) is 9.30. The Bertz CT molecular complexity index is 645. The first-order chi connectivity index (χ1) is 9.17. The van der Waals surface area contributed by atoms with Crippen LogP contribution in [0.15, 0.2) is 40.2 Å². The molecule has 1 aromatic heterocycles. The maximum Gasteiger partial charge on any atom is 0.194 e. The van der Waals surface area contributed by atoms with Gasteiger partial charge in [-0.25, -0.2) is 0 Å². The second-order valence-corrected chi connectivity index (χ2v) is 6.24. The Morgan fingerprint density at radius 1 is 1.37 bits per heavy atom. The predicted molar refractivity (Wildman–Crippen MR) is 77.7 cm³/mol. The molecule has 0 saturated carbocycles. The highest BCUT2D eigenvalue weighted by molar-refractivity contribution is 9.11. The Morgan fingerprint density at radius 2 is 2.11 bits per heavy atom. The van der Waals surface area contributed by atoms with Crippen LogP contribution >= 0.6 is 27.3 Å². The zero-order valence-electron chi connectivity index (χ0n) is 10.1. The number of methoxy groups -OCH3 is 1. The molecule has 1 heterocycles. The van der Waals surface area contributed by atoms with Gasteiger partial charge >= 0.3 is 0 Å². The van der Waals surface area contributed by atoms with Gasteiger partial charge in [0.1, 0.15) is 11.7 Å². The number of nitriles is 1. The van der Waals surface area contributed by atoms with Crippen LogP contribution in [0.4, 0.5) is 0 Å². The SMILES string of the molecule is COc1ccccc1C(C#N)C(=O)c1ccc(Br)s1. The second kappa shape index (κ2) is 6.00. The van der Waals surface area contributed by atoms with Crippen LogP contribution in [0.25, 0.3) is 0 Å². The normalized spacial score (nSPS) is 11.6. The molecule has 0 spiro atoms. The first kappa shape index (κ1) is 13.8. The Kier molecular flexibility index (Phi) is 4.35. The molecule has 5 heteroatoms. The van der Waals surface area contributed by atoms with Gasteiger partial charge in [-0.2, -0.15) is 5.26 Å². The van der Waals surface area contributed by atoms with Crippen LogP contribution in [0, 0.1) is 11.3 Å². The lowest BCUT2D eigenvalue weighted by atomic mass is 9.94. The number of rotatable bonds is 4. The van der Waals surface area contributed by atoms with Gasteiger partial charge in [0, 0.05) is 5.56 Å². The fourth-order valence-corrected chi connectivity index (χ4v) is 3.12. The zero-order valence-corrected chi connectivity index (χ0v) is 12.5. The van der Waals surface area contributed by atoms with Crippen LogP contribution in [0.2, 0.25) is 0 Å². The molecule has 0 amide bonds. The number of ketones is 1. The van der Waals surface area contributed by atoms with E-state index in [1.54, 1.807) is 30.3 Å². The number of para-hydroxylation sites is 1. The molecule has 0 aliphatic rings. The number of carbonyl (C=O) groups is 1. The highest BCUT2D eigenvalue weighted by Gasteiger charge is 2.25. The standard InChI is InChI=1S/C14H10BrNO2S/c1-18-11-5-3-2-4-9(11)10(8-16)14(17)12-6-7-13(15)19-12/h2-7,10H,1H3. The van der Waals surface area contributed by atoms with Crippen LogP contribution in [0.3, 0.4) is 0 Å². The molecule has 0 saturated heterocycles. The number of thiophene rings is 1. The van der Waals surface area contributed by atoms with E-state index in [4.69, 9.17) is 4.74 Å². The maximum absolute atomic E-state index is 12.4. The van der Waals surface area contributed by atoms with Crippen LogP contribution in [-0.4, -0.2) is 12.9 Å². The van der Waals surface area contributed by atoms with Crippen molar-refractivity contribution >= 4 is 33.0 Å². The topological polar surface area (TPSA) is 50.1 Å². The van der Waals surface area contributed by atoms with Crippen molar-refractivity contribution in [1.29, 1.82) is 5.26 Å². The third kappa shape index (κ3) is 2.86. The van der Waals surface area contributed by atoms with E-state index in [0.717, 1.165) is 3.79 Å². The van der Waals surface area contributed by atoms with Crippen molar-refractivity contribution in [2.45, 2.75) is 5.92 Å². The number of carbonyl (C=O) groups excluding carboxylic acids is 1. The molecule has 0 radical (unpaired) electrons. The molecular formula is C14H10BrNO2S. The fourth-order valence-electron chi connectivity index (χ4n) is 1.76. The molecule has 96 valence electrons. The number of hydrogen-bond donors (Lipinski definition) is 0. The number of Topliss-reactive ketones (excluding diaryl/α,β-unsaturated/α-hetero) is 1. The zero-order chi connectivity index (χ0) is 13.8. The Hall–Kier alpha value is -1.64. The molecule has 2 aromatic rings. The molecular weight excluding hydrogens is 326 g/mol. The molecule has 0 aliphatic heterocycles. The van der Waals surface area contributed by atoms with E-state index in [0.29, 0.717) is 16.2 Å². The van der Waals surface area contributed by atoms with E-state index in [9.17, 15) is 10.1 Å². The fraction of sp³-hybridized carbons (Fsp3) is 0.143. The van der Waals surface area contributed by atoms with Gasteiger partial charge in [0.2, 0.25) is 0 Å². The minimum absolute atomic E-state index is 0.206. The molecule has 2 rings (SSSR count). The van der Waals surface area contributed by atoms with Crippen molar-refractivity contribution in [3.63, 3.8) is 0 Å². The summed E-state index contributed by atoms with van der Waals surface area (Å²) in [4.78, 5) is 12.9. The van der Waals surface area contributed by atoms with Gasteiger partial charge in [0.15, 0.2) is 5.78 Å². The largest absolute Gasteiger partial charge is 0.496 e. The highest BCUT2D eigenvalue weighted by atomic mass is 79.9. The van der Waals surface area contributed by atoms with E-state index in [-0.39, 0.29) is 5.78 Å². The van der Waals surface area contributed by atoms with Gasteiger partial charge in [-0.05, 0) is 34.1 Å². The summed E-state index contributed by atoms with van der Waals surface area (Å²) in [5.41, 5.74) is 0.599. The summed E-state index contributed by atoms with van der Waals surface area (Å²) in [6.07, 6.45) is 0. The van der Waals surface area contributed by atoms with E-state index >= 15 is 0 Å². The average molecular weight is 336 g/mol. The Morgan fingerprint density at radius 3 is 2.68 bits per heavy atom. The monoisotopic (exact) mass is 335 g/mol. The maximum atomic E-state index is 12.4. The third-order valence-electron chi connectivity index (χ3n) is 2.66. The number of benzene rings is 1. The summed E-state index contributed by atoms with van der Waals surface area (Å²) >= 11 is 4.64. The van der Waals surface area contributed by atoms with Crippen LogP contribution in [-0.2, 0) is 0 Å². The lowest BCUT2D eigenvalue weighted by Crippen LogP contribution is -2.11. The van der Waals surface area contributed by atoms with Crippen LogP contribution in [0.1, 0.15) is 21.2 Å². The quantitative estimate of drug-likeness (QED) is 0.793. The highest BCUT2D eigenvalue weighted by Crippen LogP contribution is 2.31. The summed E-state index contributed by atoms with van der Waals surface area (Å²) in [7, 11) is 1.53. The molecule has 0 fully saturated rings. The molecule has 1 aromatic carbocycles. The second-order valence-electron chi connectivity index (χ2n) is 3.77. The van der Waals surface area contributed by atoms with Crippen LogP contribution < -0.4 is 4.74 Å². The molecule has 0 N–H and O–H groups in total. The molecule has 1 unspecified atom stereocenters. The van der Waals surface area contributed by atoms with Gasteiger partial charge in [-0.1, -0.05) is 18.2 Å². The first-order valence-corrected chi connectivity index (χ1v) is 7.10. The van der Waals surface area contributed by atoms with Crippen molar-refractivity contribution in [1.82, 2.24) is 0 Å².